The van der Waals surface area contributed by atoms with Gasteiger partial charge in [0, 0.05) is 18.8 Å². The number of allylic oxidation sites excluding steroid dienone is 1. The molecule has 0 aliphatic carbocycles. The number of likely N-dealkylation sites (N-methyl/N-ethyl adjacent to an activating group) is 1. The molecule has 1 atom stereocenters. The normalized spacial score (nSPS) is 17.4. The molecule has 2 aliphatic heterocycles. The highest BCUT2D eigenvalue weighted by Gasteiger charge is 2.41. The number of hydrogen-bond acceptors (Lipinski definition) is 6. The first kappa shape index (κ1) is 22.9. The third-order valence-electron chi connectivity index (χ3n) is 5.78. The number of furan rings is 1. The van der Waals surface area contributed by atoms with Crippen molar-refractivity contribution in [3.05, 3.63) is 82.4 Å². The molecule has 3 heterocycles. The van der Waals surface area contributed by atoms with E-state index < -0.39 is 0 Å². The van der Waals surface area contributed by atoms with Crippen LogP contribution >= 0.6 is 11.8 Å². The van der Waals surface area contributed by atoms with Crippen molar-refractivity contribution in [1.82, 2.24) is 15.1 Å². The summed E-state index contributed by atoms with van der Waals surface area (Å²) in [5.41, 5.74) is 3.18. The van der Waals surface area contributed by atoms with Gasteiger partial charge in [0.25, 0.3) is 5.91 Å². The lowest BCUT2D eigenvalue weighted by atomic mass is 9.92. The topological polar surface area (TPSA) is 78.1 Å². The van der Waals surface area contributed by atoms with Crippen LogP contribution in [0.4, 0.5) is 0 Å². The van der Waals surface area contributed by atoms with Gasteiger partial charge >= 0.3 is 0 Å². The Morgan fingerprint density at radius 1 is 1.15 bits per heavy atom. The molecule has 0 saturated carbocycles. The number of aliphatic imine (C=N–C) groups is 1. The van der Waals surface area contributed by atoms with Crippen LogP contribution in [0.3, 0.4) is 0 Å². The number of nitrogens with zero attached hydrogens (tertiary/aromatic N) is 3. The molecule has 0 saturated heterocycles. The van der Waals surface area contributed by atoms with E-state index in [0.717, 1.165) is 22.1 Å². The van der Waals surface area contributed by atoms with Crippen LogP contribution in [0.25, 0.3) is 0 Å². The minimum atomic E-state index is -0.342. The van der Waals surface area contributed by atoms with Crippen LogP contribution in [0.2, 0.25) is 0 Å². The largest absolute Gasteiger partial charge is 0.467 e. The Labute approximate surface area is 198 Å². The lowest BCUT2D eigenvalue weighted by Crippen LogP contribution is -2.42. The number of amides is 2. The predicted octanol–water partition coefficient (Wildman–Crippen LogP) is 4.43. The van der Waals surface area contributed by atoms with Crippen molar-refractivity contribution < 1.29 is 14.0 Å². The molecular formula is C25H28N4O3S. The predicted molar refractivity (Wildman–Crippen MR) is 130 cm³/mol. The number of benzene rings is 1. The molecule has 33 heavy (non-hydrogen) atoms. The Balaban J connectivity index is 1.64. The first-order valence-electron chi connectivity index (χ1n) is 11.1. The molecular weight excluding hydrogens is 436 g/mol. The van der Waals surface area contributed by atoms with Gasteiger partial charge in [-0.25, -0.2) is 4.99 Å². The Morgan fingerprint density at radius 3 is 2.58 bits per heavy atom. The molecule has 7 nitrogen and oxygen atoms in total. The molecule has 1 aromatic carbocycles. The molecule has 172 valence electrons. The number of rotatable bonds is 8. The van der Waals surface area contributed by atoms with E-state index in [-0.39, 0.29) is 24.3 Å². The fourth-order valence-electron chi connectivity index (χ4n) is 4.10. The zero-order valence-electron chi connectivity index (χ0n) is 19.1. The fourth-order valence-corrected chi connectivity index (χ4v) is 5.07. The molecule has 0 fully saturated rings. The molecule has 2 aliphatic rings. The summed E-state index contributed by atoms with van der Waals surface area (Å²) in [4.78, 5) is 34.9. The second kappa shape index (κ2) is 10.1. The van der Waals surface area contributed by atoms with Crippen LogP contribution in [0.5, 0.6) is 0 Å². The maximum Gasteiger partial charge on any atom is 0.254 e. The number of amidine groups is 1. The van der Waals surface area contributed by atoms with E-state index in [9.17, 15) is 9.59 Å². The van der Waals surface area contributed by atoms with E-state index in [2.05, 4.69) is 5.32 Å². The summed E-state index contributed by atoms with van der Waals surface area (Å²) >= 11 is 1.48. The van der Waals surface area contributed by atoms with Crippen LogP contribution in [-0.4, -0.2) is 39.9 Å². The van der Waals surface area contributed by atoms with Crippen molar-refractivity contribution in [3.63, 3.8) is 0 Å². The maximum atomic E-state index is 13.6. The molecule has 1 unspecified atom stereocenters. The zero-order valence-corrected chi connectivity index (χ0v) is 19.9. The highest BCUT2D eigenvalue weighted by atomic mass is 32.2. The molecule has 1 N–H and O–H groups in total. The van der Waals surface area contributed by atoms with Gasteiger partial charge in [-0.05, 0) is 43.9 Å². The highest BCUT2D eigenvalue weighted by molar-refractivity contribution is 8.16. The third-order valence-corrected chi connectivity index (χ3v) is 6.67. The van der Waals surface area contributed by atoms with Gasteiger partial charge < -0.3 is 19.5 Å². The average Bonchev–Trinajstić information content (AvgIpc) is 3.48. The van der Waals surface area contributed by atoms with E-state index in [1.807, 2.05) is 72.4 Å². The molecule has 2 amide bonds. The third kappa shape index (κ3) is 4.75. The molecule has 0 spiro atoms. The van der Waals surface area contributed by atoms with Crippen LogP contribution in [0.15, 0.2) is 80.5 Å². The van der Waals surface area contributed by atoms with E-state index in [1.165, 1.54) is 11.8 Å². The van der Waals surface area contributed by atoms with Crippen molar-refractivity contribution in [2.45, 2.75) is 39.8 Å². The van der Waals surface area contributed by atoms with E-state index in [1.54, 1.807) is 12.3 Å². The lowest BCUT2D eigenvalue weighted by molar-refractivity contribution is -0.127. The van der Waals surface area contributed by atoms with Gasteiger partial charge in [-0.2, -0.15) is 0 Å². The minimum Gasteiger partial charge on any atom is -0.467 e. The lowest BCUT2D eigenvalue weighted by Gasteiger charge is -2.38. The zero-order chi connectivity index (χ0) is 23.4. The first-order valence-corrected chi connectivity index (χ1v) is 12.0. The monoisotopic (exact) mass is 464 g/mol. The molecule has 0 bridgehead atoms. The molecule has 0 radical (unpaired) electrons. The summed E-state index contributed by atoms with van der Waals surface area (Å²) < 4.78 is 5.30. The fraction of sp³-hybridized carbons (Fsp3) is 0.320. The van der Waals surface area contributed by atoms with Crippen molar-refractivity contribution >= 4 is 28.7 Å². The van der Waals surface area contributed by atoms with Crippen molar-refractivity contribution in [2.75, 3.05) is 13.1 Å². The average molecular weight is 465 g/mol. The minimum absolute atomic E-state index is 0.0207. The van der Waals surface area contributed by atoms with Crippen molar-refractivity contribution in [1.29, 1.82) is 0 Å². The SMILES string of the molecule is CCN(CC)C(=O)C1=C(C)N=C2SC=C(CC(=O)NCc3ccco3)N2C1c1ccccc1. The van der Waals surface area contributed by atoms with Crippen LogP contribution in [-0.2, 0) is 16.1 Å². The van der Waals surface area contributed by atoms with E-state index in [0.29, 0.717) is 31.0 Å². The summed E-state index contributed by atoms with van der Waals surface area (Å²) in [6.45, 7) is 7.43. The van der Waals surface area contributed by atoms with Gasteiger partial charge in [0.1, 0.15) is 5.76 Å². The summed E-state index contributed by atoms with van der Waals surface area (Å²) in [6, 6.07) is 13.2. The number of hydrogen-bond donors (Lipinski definition) is 1. The smallest absolute Gasteiger partial charge is 0.254 e. The van der Waals surface area contributed by atoms with E-state index in [4.69, 9.17) is 9.41 Å². The Hall–Kier alpha value is -3.26. The van der Waals surface area contributed by atoms with Crippen LogP contribution in [0, 0.1) is 0 Å². The van der Waals surface area contributed by atoms with Gasteiger partial charge in [-0.1, -0.05) is 42.1 Å². The summed E-state index contributed by atoms with van der Waals surface area (Å²) in [7, 11) is 0. The number of carbonyl (C=O) groups excluding carboxylic acids is 2. The van der Waals surface area contributed by atoms with Gasteiger partial charge in [0.15, 0.2) is 5.17 Å². The Bertz CT molecular complexity index is 1100. The summed E-state index contributed by atoms with van der Waals surface area (Å²) in [5, 5.41) is 5.65. The second-order valence-electron chi connectivity index (χ2n) is 7.81. The maximum absolute atomic E-state index is 13.6. The molecule has 2 aromatic rings. The van der Waals surface area contributed by atoms with Crippen LogP contribution in [0.1, 0.15) is 44.6 Å². The Morgan fingerprint density at radius 2 is 1.91 bits per heavy atom. The number of fused-ring (bicyclic) bond motifs is 1. The molecule has 8 heteroatoms. The number of nitrogens with one attached hydrogen (secondary N) is 1. The van der Waals surface area contributed by atoms with Gasteiger partial charge in [0.05, 0.1) is 36.5 Å². The van der Waals surface area contributed by atoms with Crippen molar-refractivity contribution in [3.8, 4) is 0 Å². The van der Waals surface area contributed by atoms with E-state index >= 15 is 0 Å². The second-order valence-corrected chi connectivity index (χ2v) is 8.65. The molecule has 1 aromatic heterocycles. The first-order chi connectivity index (χ1) is 16.0. The summed E-state index contributed by atoms with van der Waals surface area (Å²) in [5.74, 6) is 0.563. The van der Waals surface area contributed by atoms with Gasteiger partial charge in [-0.15, -0.1) is 0 Å². The Kier molecular flexibility index (Phi) is 7.03. The van der Waals surface area contributed by atoms with Gasteiger partial charge in [-0.3, -0.25) is 9.59 Å². The number of carbonyl (C=O) groups is 2. The summed E-state index contributed by atoms with van der Waals surface area (Å²) in [6.07, 6.45) is 1.77. The quantitative estimate of drug-likeness (QED) is 0.625. The van der Waals surface area contributed by atoms with Crippen LogP contribution < -0.4 is 5.32 Å². The highest BCUT2D eigenvalue weighted by Crippen LogP contribution is 2.44. The molecule has 4 rings (SSSR count). The van der Waals surface area contributed by atoms with Gasteiger partial charge in [0.2, 0.25) is 5.91 Å². The standard InChI is InChI=1S/C25H28N4O3S/c1-4-28(5-2)24(31)22-17(3)27-25-29(23(22)18-10-7-6-8-11-18)19(16-33-25)14-21(30)26-15-20-12-9-13-32-20/h6-13,16,23H,4-5,14-15H2,1-3H3,(H,26,30). The number of thioether (sulfide) groups is 1. The van der Waals surface area contributed by atoms with Crippen molar-refractivity contribution in [2.24, 2.45) is 4.99 Å².